The molecule has 0 saturated heterocycles. The maximum absolute atomic E-state index is 12.9. The molecule has 0 unspecified atom stereocenters. The molecule has 0 atom stereocenters. The van der Waals surface area contributed by atoms with E-state index in [1.807, 2.05) is 22.9 Å². The van der Waals surface area contributed by atoms with Gasteiger partial charge in [-0.15, -0.1) is 0 Å². The van der Waals surface area contributed by atoms with Crippen LogP contribution in [-0.4, -0.2) is 44.7 Å². The van der Waals surface area contributed by atoms with Gasteiger partial charge in [0.15, 0.2) is 5.69 Å². The highest BCUT2D eigenvalue weighted by atomic mass is 16.5. The van der Waals surface area contributed by atoms with Crippen molar-refractivity contribution in [3.8, 4) is 0 Å². The highest BCUT2D eigenvalue weighted by Gasteiger charge is 2.31. The second kappa shape index (κ2) is 9.55. The van der Waals surface area contributed by atoms with Crippen molar-refractivity contribution in [2.45, 2.75) is 39.3 Å². The molecule has 31 heavy (non-hydrogen) atoms. The third-order valence-corrected chi connectivity index (χ3v) is 5.48. The largest absolute Gasteiger partial charge is 0.461 e. The number of amides is 1. The molecule has 1 aliphatic heterocycles. The number of aryl methyl sites for hydroxylation is 2. The van der Waals surface area contributed by atoms with Gasteiger partial charge in [-0.05, 0) is 37.5 Å². The van der Waals surface area contributed by atoms with Crippen LogP contribution < -0.4 is 0 Å². The van der Waals surface area contributed by atoms with E-state index in [0.29, 0.717) is 37.3 Å². The zero-order valence-corrected chi connectivity index (χ0v) is 17.7. The Hall–Kier alpha value is -3.48. The number of aromatic nitrogens is 3. The van der Waals surface area contributed by atoms with Gasteiger partial charge in [-0.2, -0.15) is 5.10 Å². The third-order valence-electron chi connectivity index (χ3n) is 5.48. The number of benzene rings is 1. The summed E-state index contributed by atoms with van der Waals surface area (Å²) in [5.41, 5.74) is 3.95. The van der Waals surface area contributed by atoms with Gasteiger partial charge >= 0.3 is 5.97 Å². The molecule has 3 heterocycles. The van der Waals surface area contributed by atoms with Crippen molar-refractivity contribution in [2.75, 3.05) is 13.2 Å². The van der Waals surface area contributed by atoms with Crippen molar-refractivity contribution < 1.29 is 14.3 Å². The summed E-state index contributed by atoms with van der Waals surface area (Å²) < 4.78 is 7.16. The minimum atomic E-state index is -0.434. The number of esters is 1. The molecule has 0 aliphatic carbocycles. The van der Waals surface area contributed by atoms with Gasteiger partial charge in [0.25, 0.3) is 5.91 Å². The summed E-state index contributed by atoms with van der Waals surface area (Å²) in [6, 6.07) is 13.8. The summed E-state index contributed by atoms with van der Waals surface area (Å²) in [6.07, 6.45) is 5.72. The Morgan fingerprint density at radius 3 is 2.71 bits per heavy atom. The standard InChI is InChI=1S/C24H26N4O3/c1-2-31-24(30)22-20-17-27(23(29)19-11-6-13-25-16-19)15-12-21(20)28(26-22)14-7-10-18-8-4-3-5-9-18/h3-6,8-9,11,13,16H,2,7,10,12,14-15,17H2,1H3. The number of rotatable bonds is 7. The first-order valence-corrected chi connectivity index (χ1v) is 10.7. The number of pyridine rings is 1. The fourth-order valence-corrected chi connectivity index (χ4v) is 3.96. The maximum Gasteiger partial charge on any atom is 0.359 e. The summed E-state index contributed by atoms with van der Waals surface area (Å²) in [4.78, 5) is 31.2. The summed E-state index contributed by atoms with van der Waals surface area (Å²) in [7, 11) is 0. The maximum atomic E-state index is 12.9. The van der Waals surface area contributed by atoms with Crippen LogP contribution in [0, 0.1) is 0 Å². The zero-order valence-electron chi connectivity index (χ0n) is 17.7. The molecule has 0 radical (unpaired) electrons. The molecule has 2 aromatic heterocycles. The summed E-state index contributed by atoms with van der Waals surface area (Å²) in [6.45, 7) is 3.70. The van der Waals surface area contributed by atoms with Gasteiger partial charge in [0.2, 0.25) is 0 Å². The molecular weight excluding hydrogens is 392 g/mol. The van der Waals surface area contributed by atoms with Gasteiger partial charge in [-0.25, -0.2) is 4.79 Å². The molecule has 7 nitrogen and oxygen atoms in total. The van der Waals surface area contributed by atoms with E-state index in [0.717, 1.165) is 24.1 Å². The predicted molar refractivity (Wildman–Crippen MR) is 116 cm³/mol. The first-order valence-electron chi connectivity index (χ1n) is 10.7. The van der Waals surface area contributed by atoms with Gasteiger partial charge in [0.1, 0.15) is 0 Å². The van der Waals surface area contributed by atoms with Crippen molar-refractivity contribution in [3.05, 3.63) is 82.9 Å². The lowest BCUT2D eigenvalue weighted by Gasteiger charge is -2.28. The minimum absolute atomic E-state index is 0.0922. The Labute approximate surface area is 181 Å². The fraction of sp³-hybridized carbons (Fsp3) is 0.333. The normalized spacial score (nSPS) is 13.0. The monoisotopic (exact) mass is 418 g/mol. The third kappa shape index (κ3) is 4.66. The number of fused-ring (bicyclic) bond motifs is 1. The zero-order chi connectivity index (χ0) is 21.6. The molecule has 4 rings (SSSR count). The summed E-state index contributed by atoms with van der Waals surface area (Å²) in [5.74, 6) is -0.526. The highest BCUT2D eigenvalue weighted by Crippen LogP contribution is 2.25. The average molecular weight is 418 g/mol. The van der Waals surface area contributed by atoms with Crippen LogP contribution >= 0.6 is 0 Å². The minimum Gasteiger partial charge on any atom is -0.461 e. The van der Waals surface area contributed by atoms with Crippen molar-refractivity contribution in [1.29, 1.82) is 0 Å². The van der Waals surface area contributed by atoms with Crippen LogP contribution in [0.2, 0.25) is 0 Å². The molecule has 0 bridgehead atoms. The van der Waals surface area contributed by atoms with E-state index in [2.05, 4.69) is 22.2 Å². The van der Waals surface area contributed by atoms with Gasteiger partial charge in [0, 0.05) is 43.2 Å². The van der Waals surface area contributed by atoms with E-state index >= 15 is 0 Å². The van der Waals surface area contributed by atoms with Crippen LogP contribution in [0.4, 0.5) is 0 Å². The number of hydrogen-bond acceptors (Lipinski definition) is 5. The Balaban J connectivity index is 1.54. The predicted octanol–water partition coefficient (Wildman–Crippen LogP) is 3.29. The highest BCUT2D eigenvalue weighted by molar-refractivity contribution is 5.94. The second-order valence-electron chi connectivity index (χ2n) is 7.53. The van der Waals surface area contributed by atoms with Gasteiger partial charge in [-0.1, -0.05) is 30.3 Å². The van der Waals surface area contributed by atoms with Crippen LogP contribution in [0.25, 0.3) is 0 Å². The van der Waals surface area contributed by atoms with Crippen molar-refractivity contribution >= 4 is 11.9 Å². The SMILES string of the molecule is CCOC(=O)c1nn(CCCc2ccccc2)c2c1CN(C(=O)c1cccnc1)CC2. The van der Waals surface area contributed by atoms with Crippen LogP contribution in [0.3, 0.4) is 0 Å². The first kappa shape index (κ1) is 20.8. The number of carbonyl (C=O) groups is 2. The smallest absolute Gasteiger partial charge is 0.359 e. The van der Waals surface area contributed by atoms with Gasteiger partial charge in [-0.3, -0.25) is 14.5 Å². The molecule has 3 aromatic rings. The Bertz CT molecular complexity index is 1050. The molecule has 0 saturated carbocycles. The molecule has 7 heteroatoms. The Morgan fingerprint density at radius 2 is 1.97 bits per heavy atom. The second-order valence-corrected chi connectivity index (χ2v) is 7.53. The van der Waals surface area contributed by atoms with Crippen molar-refractivity contribution in [3.63, 3.8) is 0 Å². The molecule has 0 spiro atoms. The van der Waals surface area contributed by atoms with Crippen LogP contribution in [0.1, 0.15) is 51.0 Å². The number of hydrogen-bond donors (Lipinski definition) is 0. The van der Waals surface area contributed by atoms with Crippen LogP contribution in [-0.2, 0) is 30.7 Å². The molecule has 1 aromatic carbocycles. The van der Waals surface area contributed by atoms with E-state index in [1.54, 1.807) is 36.4 Å². The number of ether oxygens (including phenoxy) is 1. The Morgan fingerprint density at radius 1 is 1.13 bits per heavy atom. The molecular formula is C24H26N4O3. The van der Waals surface area contributed by atoms with Gasteiger partial charge < -0.3 is 9.64 Å². The Kier molecular flexibility index (Phi) is 6.40. The van der Waals surface area contributed by atoms with Gasteiger partial charge in [0.05, 0.1) is 18.7 Å². The number of carbonyl (C=O) groups excluding carboxylic acids is 2. The summed E-state index contributed by atoms with van der Waals surface area (Å²) in [5, 5.41) is 4.60. The fourth-order valence-electron chi connectivity index (χ4n) is 3.96. The molecule has 0 N–H and O–H groups in total. The lowest BCUT2D eigenvalue weighted by atomic mass is 10.0. The summed E-state index contributed by atoms with van der Waals surface area (Å²) >= 11 is 0. The van der Waals surface area contributed by atoms with Crippen LogP contribution in [0.15, 0.2) is 54.9 Å². The topological polar surface area (TPSA) is 77.3 Å². The first-order chi connectivity index (χ1) is 15.2. The van der Waals surface area contributed by atoms with Crippen LogP contribution in [0.5, 0.6) is 0 Å². The van der Waals surface area contributed by atoms with E-state index in [4.69, 9.17) is 4.74 Å². The molecule has 160 valence electrons. The van der Waals surface area contributed by atoms with Crippen molar-refractivity contribution in [1.82, 2.24) is 19.7 Å². The lowest BCUT2D eigenvalue weighted by Crippen LogP contribution is -2.36. The molecule has 0 fully saturated rings. The lowest BCUT2D eigenvalue weighted by molar-refractivity contribution is 0.0513. The van der Waals surface area contributed by atoms with Crippen molar-refractivity contribution in [2.24, 2.45) is 0 Å². The molecule has 1 aliphatic rings. The average Bonchev–Trinajstić information content (AvgIpc) is 3.18. The molecule has 1 amide bonds. The number of nitrogens with zero attached hydrogens (tertiary/aromatic N) is 4. The van der Waals surface area contributed by atoms with E-state index in [9.17, 15) is 9.59 Å². The van der Waals surface area contributed by atoms with E-state index in [1.165, 1.54) is 5.56 Å². The van der Waals surface area contributed by atoms with E-state index < -0.39 is 5.97 Å². The van der Waals surface area contributed by atoms with E-state index in [-0.39, 0.29) is 12.5 Å². The quantitative estimate of drug-likeness (QED) is 0.550.